The fourth-order valence-corrected chi connectivity index (χ4v) is 10.4. The molecular weight excluding hydrogens is 493 g/mol. The average Bonchev–Trinajstić information content (AvgIpc) is 2.83. The monoisotopic (exact) mass is 544 g/mol. The van der Waals surface area contributed by atoms with Crippen molar-refractivity contribution in [1.82, 2.24) is 0 Å². The van der Waals surface area contributed by atoms with Gasteiger partial charge in [0.05, 0.1) is 12.2 Å². The second-order valence-corrected chi connectivity index (χ2v) is 22.2. The van der Waals surface area contributed by atoms with E-state index in [-0.39, 0.29) is 16.0 Å². The smallest absolute Gasteiger partial charge is 0.261 e. The summed E-state index contributed by atoms with van der Waals surface area (Å²) in [5, 5.41) is 24.3. The zero-order valence-electron chi connectivity index (χ0n) is 24.8. The van der Waals surface area contributed by atoms with Gasteiger partial charge in [0.2, 0.25) is 0 Å². The number of aliphatic hydroxyl groups excluding tert-OH is 2. The zero-order chi connectivity index (χ0) is 27.9. The van der Waals surface area contributed by atoms with Crippen LogP contribution in [0.3, 0.4) is 0 Å². The van der Waals surface area contributed by atoms with Crippen LogP contribution in [0.25, 0.3) is 0 Å². The maximum absolute atomic E-state index is 10.9. The fourth-order valence-electron chi connectivity index (χ4n) is 4.76. The Labute approximate surface area is 228 Å². The van der Waals surface area contributed by atoms with Crippen LogP contribution in [0.2, 0.25) is 23.2 Å². The van der Waals surface area contributed by atoms with E-state index in [9.17, 15) is 10.2 Å². The Balaban J connectivity index is 2.03. The van der Waals surface area contributed by atoms with Gasteiger partial charge in [0, 0.05) is 13.2 Å². The van der Waals surface area contributed by atoms with Gasteiger partial charge in [0.25, 0.3) is 8.32 Å². The second kappa shape index (κ2) is 13.2. The zero-order valence-corrected chi connectivity index (χ0v) is 26.8. The molecule has 0 aliphatic rings. The van der Waals surface area contributed by atoms with E-state index in [0.717, 1.165) is 12.8 Å². The molecule has 2 rings (SSSR count). The molecule has 0 amide bonds. The number of aliphatic hydroxyl groups is 2. The van der Waals surface area contributed by atoms with Crippen LogP contribution in [0.1, 0.15) is 67.7 Å². The summed E-state index contributed by atoms with van der Waals surface area (Å²) in [5.41, 5.74) is 0. The van der Waals surface area contributed by atoms with Gasteiger partial charge in [-0.25, -0.2) is 0 Å². The lowest BCUT2D eigenvalue weighted by atomic mass is 9.94. The van der Waals surface area contributed by atoms with Gasteiger partial charge in [-0.2, -0.15) is 0 Å². The Kier molecular flexibility index (Phi) is 11.4. The molecule has 0 radical (unpaired) electrons. The molecule has 0 aromatic heterocycles. The molecule has 2 aromatic carbocycles. The molecule has 6 heteroatoms. The van der Waals surface area contributed by atoms with Crippen LogP contribution in [-0.4, -0.2) is 52.3 Å². The van der Waals surface area contributed by atoms with Gasteiger partial charge < -0.3 is 19.1 Å². The van der Waals surface area contributed by atoms with Crippen molar-refractivity contribution in [3.63, 3.8) is 0 Å². The molecule has 2 aromatic rings. The predicted octanol–water partition coefficient (Wildman–Crippen LogP) is 6.11. The minimum Gasteiger partial charge on any atom is -0.417 e. The molecule has 2 N–H and O–H groups in total. The third-order valence-corrected chi connectivity index (χ3v) is 17.8. The lowest BCUT2D eigenvalue weighted by Gasteiger charge is -2.43. The first kappa shape index (κ1) is 31.9. The standard InChI is InChI=1S/C31H52O4Si2/c1-25(17-16-23-34-36(8,9)30(2,3)4)29(33)28(32)22-24-35-37(31(5,6)7,26-18-12-10-13-19-26)27-20-14-11-15-21-27/h10-15,18-21,25,28-29,32-33H,16-17,22-24H2,1-9H3/t25-,28-,29-/m1/s1. The van der Waals surface area contributed by atoms with E-state index in [1.807, 2.05) is 19.1 Å². The summed E-state index contributed by atoms with van der Waals surface area (Å²) in [6.07, 6.45) is 0.500. The first-order valence-electron chi connectivity index (χ1n) is 13.9. The Morgan fingerprint density at radius 2 is 1.19 bits per heavy atom. The summed E-state index contributed by atoms with van der Waals surface area (Å²) < 4.78 is 13.2. The van der Waals surface area contributed by atoms with Crippen LogP contribution in [0.5, 0.6) is 0 Å². The highest BCUT2D eigenvalue weighted by molar-refractivity contribution is 6.99. The topological polar surface area (TPSA) is 58.9 Å². The molecule has 0 aliphatic carbocycles. The van der Waals surface area contributed by atoms with Gasteiger partial charge in [-0.15, -0.1) is 0 Å². The van der Waals surface area contributed by atoms with Gasteiger partial charge in [-0.1, -0.05) is 109 Å². The molecule has 0 fully saturated rings. The average molecular weight is 545 g/mol. The molecular formula is C31H52O4Si2. The number of hydrogen-bond acceptors (Lipinski definition) is 4. The minimum atomic E-state index is -2.64. The lowest BCUT2D eigenvalue weighted by Crippen LogP contribution is -2.66. The first-order chi connectivity index (χ1) is 17.1. The van der Waals surface area contributed by atoms with Crippen molar-refractivity contribution in [3.8, 4) is 0 Å². The summed E-state index contributed by atoms with van der Waals surface area (Å²) >= 11 is 0. The molecule has 0 saturated carbocycles. The third-order valence-electron chi connectivity index (χ3n) is 8.20. The van der Waals surface area contributed by atoms with Crippen LogP contribution >= 0.6 is 0 Å². The van der Waals surface area contributed by atoms with Crippen molar-refractivity contribution in [2.24, 2.45) is 5.92 Å². The maximum atomic E-state index is 10.9. The van der Waals surface area contributed by atoms with Crippen molar-refractivity contribution in [3.05, 3.63) is 60.7 Å². The van der Waals surface area contributed by atoms with Crippen LogP contribution < -0.4 is 10.4 Å². The summed E-state index contributed by atoms with van der Waals surface area (Å²) in [6, 6.07) is 21.0. The molecule has 0 aliphatic heterocycles. The SMILES string of the molecule is C[C@H](CCCO[Si](C)(C)C(C)(C)C)[C@@H](O)[C@H](O)CCO[Si](c1ccccc1)(c1ccccc1)C(C)(C)C. The first-order valence-corrected chi connectivity index (χ1v) is 18.7. The van der Waals surface area contributed by atoms with E-state index >= 15 is 0 Å². The van der Waals surface area contributed by atoms with E-state index in [0.29, 0.717) is 19.6 Å². The summed E-state index contributed by atoms with van der Waals surface area (Å²) in [4.78, 5) is 0. The van der Waals surface area contributed by atoms with Crippen molar-refractivity contribution >= 4 is 27.0 Å². The predicted molar refractivity (Wildman–Crippen MR) is 162 cm³/mol. The minimum absolute atomic E-state index is 0.00844. The van der Waals surface area contributed by atoms with Crippen LogP contribution in [0, 0.1) is 5.92 Å². The quantitative estimate of drug-likeness (QED) is 0.236. The summed E-state index contributed by atoms with van der Waals surface area (Å²) in [5.74, 6) is -0.00844. The molecule has 0 unspecified atom stereocenters. The van der Waals surface area contributed by atoms with Gasteiger partial charge >= 0.3 is 0 Å². The molecule has 0 saturated heterocycles. The Morgan fingerprint density at radius 1 is 0.703 bits per heavy atom. The molecule has 0 heterocycles. The van der Waals surface area contributed by atoms with Gasteiger partial charge in [0.1, 0.15) is 0 Å². The highest BCUT2D eigenvalue weighted by Gasteiger charge is 2.50. The normalized spacial score (nSPS) is 15.9. The van der Waals surface area contributed by atoms with E-state index in [1.54, 1.807) is 0 Å². The lowest BCUT2D eigenvalue weighted by molar-refractivity contribution is -0.0254. The maximum Gasteiger partial charge on any atom is 0.261 e. The Morgan fingerprint density at radius 3 is 1.62 bits per heavy atom. The molecule has 37 heavy (non-hydrogen) atoms. The molecule has 3 atom stereocenters. The van der Waals surface area contributed by atoms with Crippen molar-refractivity contribution in [2.45, 2.75) is 103 Å². The van der Waals surface area contributed by atoms with E-state index < -0.39 is 28.8 Å². The molecule has 208 valence electrons. The molecule has 0 bridgehead atoms. The number of rotatable bonds is 13. The van der Waals surface area contributed by atoms with E-state index in [2.05, 4.69) is 103 Å². The van der Waals surface area contributed by atoms with Crippen LogP contribution in [0.15, 0.2) is 60.7 Å². The van der Waals surface area contributed by atoms with Gasteiger partial charge in [0.15, 0.2) is 8.32 Å². The van der Waals surface area contributed by atoms with E-state index in [4.69, 9.17) is 8.85 Å². The Bertz CT molecular complexity index is 880. The van der Waals surface area contributed by atoms with Crippen LogP contribution in [-0.2, 0) is 8.85 Å². The number of benzene rings is 2. The van der Waals surface area contributed by atoms with Crippen LogP contribution in [0.4, 0.5) is 0 Å². The third kappa shape index (κ3) is 8.10. The van der Waals surface area contributed by atoms with Gasteiger partial charge in [-0.3, -0.25) is 0 Å². The number of hydrogen-bond donors (Lipinski definition) is 2. The fraction of sp³-hybridized carbons (Fsp3) is 0.613. The Hall–Kier alpha value is -1.29. The second-order valence-electron chi connectivity index (χ2n) is 13.1. The van der Waals surface area contributed by atoms with E-state index in [1.165, 1.54) is 10.4 Å². The van der Waals surface area contributed by atoms with Gasteiger partial charge in [-0.05, 0) is 58.7 Å². The summed E-state index contributed by atoms with van der Waals surface area (Å²) in [6.45, 7) is 21.1. The van der Waals surface area contributed by atoms with Crippen molar-refractivity contribution in [1.29, 1.82) is 0 Å². The van der Waals surface area contributed by atoms with Crippen molar-refractivity contribution < 1.29 is 19.1 Å². The molecule has 0 spiro atoms. The molecule has 4 nitrogen and oxygen atoms in total. The highest BCUT2D eigenvalue weighted by atomic mass is 28.4. The highest BCUT2D eigenvalue weighted by Crippen LogP contribution is 2.38. The largest absolute Gasteiger partial charge is 0.417 e. The van der Waals surface area contributed by atoms with Crippen molar-refractivity contribution in [2.75, 3.05) is 13.2 Å². The summed E-state index contributed by atoms with van der Waals surface area (Å²) in [7, 11) is -4.40.